The zero-order valence-corrected chi connectivity index (χ0v) is 11.5. The van der Waals surface area contributed by atoms with Gasteiger partial charge < -0.3 is 4.74 Å². The van der Waals surface area contributed by atoms with Crippen molar-refractivity contribution in [2.24, 2.45) is 5.11 Å². The van der Waals surface area contributed by atoms with Crippen LogP contribution in [0.5, 0.6) is 0 Å². The summed E-state index contributed by atoms with van der Waals surface area (Å²) in [4.78, 5) is 14.8. The summed E-state index contributed by atoms with van der Waals surface area (Å²) in [6.45, 7) is 2.33. The Labute approximate surface area is 116 Å². The first-order valence-electron chi connectivity index (χ1n) is 6.21. The third-order valence-corrected chi connectivity index (χ3v) is 3.10. The zero-order chi connectivity index (χ0) is 15.0. The molecule has 0 fully saturated rings. The number of rotatable bonds is 7. The number of carbonyl (C=O) groups is 1. The van der Waals surface area contributed by atoms with Gasteiger partial charge in [-0.25, -0.2) is 9.18 Å². The van der Waals surface area contributed by atoms with Gasteiger partial charge in [0.05, 0.1) is 7.11 Å². The summed E-state index contributed by atoms with van der Waals surface area (Å²) in [5, 5.41) is 6.45. The van der Waals surface area contributed by atoms with Crippen molar-refractivity contribution < 1.29 is 13.9 Å². The second kappa shape index (κ2) is 7.47. The summed E-state index contributed by atoms with van der Waals surface area (Å²) in [6.07, 6.45) is 0.418. The second-order valence-electron chi connectivity index (χ2n) is 4.14. The van der Waals surface area contributed by atoms with Crippen molar-refractivity contribution in [3.63, 3.8) is 0 Å². The predicted octanol–water partition coefficient (Wildman–Crippen LogP) is 2.50. The molecule has 0 saturated heterocycles. The maximum atomic E-state index is 13.0. The van der Waals surface area contributed by atoms with E-state index >= 15 is 0 Å². The number of nitrogens with zero attached hydrogens (tertiary/aromatic N) is 3. The van der Waals surface area contributed by atoms with Gasteiger partial charge in [0, 0.05) is 18.0 Å². The van der Waals surface area contributed by atoms with Crippen LogP contribution in [0.25, 0.3) is 10.4 Å². The number of esters is 1. The number of benzene rings is 1. The summed E-state index contributed by atoms with van der Waals surface area (Å²) in [7, 11) is 1.30. The number of ether oxygens (including phenoxy) is 1. The van der Waals surface area contributed by atoms with Crippen molar-refractivity contribution in [2.75, 3.05) is 20.2 Å². The van der Waals surface area contributed by atoms with Gasteiger partial charge in [0.1, 0.15) is 11.4 Å². The van der Waals surface area contributed by atoms with Crippen LogP contribution in [0.3, 0.4) is 0 Å². The molecule has 0 aliphatic heterocycles. The summed E-state index contributed by atoms with van der Waals surface area (Å²) in [6, 6.07) is 5.65. The van der Waals surface area contributed by atoms with Crippen LogP contribution >= 0.6 is 0 Å². The molecule has 20 heavy (non-hydrogen) atoms. The monoisotopic (exact) mass is 280 g/mol. The highest BCUT2D eigenvalue weighted by Crippen LogP contribution is 2.26. The van der Waals surface area contributed by atoms with Gasteiger partial charge in [0.25, 0.3) is 0 Å². The number of hydrogen-bond donors (Lipinski definition) is 1. The smallest absolute Gasteiger partial charge is 0.330 e. The Morgan fingerprint density at radius 1 is 1.50 bits per heavy atom. The van der Waals surface area contributed by atoms with E-state index in [1.54, 1.807) is 0 Å². The quantitative estimate of drug-likeness (QED) is 0.274. The fourth-order valence-electron chi connectivity index (χ4n) is 2.04. The predicted molar refractivity (Wildman–Crippen MR) is 72.4 cm³/mol. The van der Waals surface area contributed by atoms with Crippen molar-refractivity contribution in [3.8, 4) is 0 Å². The van der Waals surface area contributed by atoms with Crippen LogP contribution in [0.2, 0.25) is 0 Å². The van der Waals surface area contributed by atoms with Gasteiger partial charge in [0.15, 0.2) is 0 Å². The minimum Gasteiger partial charge on any atom is -0.467 e. The normalized spacial score (nSPS) is 13.2. The highest BCUT2D eigenvalue weighted by atomic mass is 19.1. The summed E-state index contributed by atoms with van der Waals surface area (Å²) >= 11 is 0. The van der Waals surface area contributed by atoms with Gasteiger partial charge in [-0.1, -0.05) is 24.2 Å². The van der Waals surface area contributed by atoms with Crippen molar-refractivity contribution in [1.29, 1.82) is 0 Å². The van der Waals surface area contributed by atoms with Crippen LogP contribution in [0.1, 0.15) is 18.9 Å². The lowest BCUT2D eigenvalue weighted by Crippen LogP contribution is -2.50. The Bertz CT molecular complexity index is 500. The topological polar surface area (TPSA) is 87.1 Å². The SMILES string of the molecule is CCC(NCCN=[N+]=[N-])(C(=O)OC)c1ccc(F)cc1. The van der Waals surface area contributed by atoms with E-state index in [-0.39, 0.29) is 12.4 Å². The van der Waals surface area contributed by atoms with E-state index < -0.39 is 11.5 Å². The lowest BCUT2D eigenvalue weighted by molar-refractivity contribution is -0.149. The zero-order valence-electron chi connectivity index (χ0n) is 11.5. The van der Waals surface area contributed by atoms with E-state index in [9.17, 15) is 9.18 Å². The Kier molecular flexibility index (Phi) is 5.96. The number of nitrogens with one attached hydrogen (secondary N) is 1. The lowest BCUT2D eigenvalue weighted by atomic mass is 9.87. The maximum absolute atomic E-state index is 13.0. The summed E-state index contributed by atoms with van der Waals surface area (Å²) in [5.74, 6) is -0.842. The van der Waals surface area contributed by atoms with E-state index in [4.69, 9.17) is 10.3 Å². The molecule has 0 aliphatic carbocycles. The summed E-state index contributed by atoms with van der Waals surface area (Å²) < 4.78 is 17.9. The first-order chi connectivity index (χ1) is 9.60. The number of halogens is 1. The Balaban J connectivity index is 3.07. The van der Waals surface area contributed by atoms with Crippen molar-refractivity contribution >= 4 is 5.97 Å². The molecular formula is C13H17FN4O2. The molecule has 7 heteroatoms. The van der Waals surface area contributed by atoms with Crippen LogP contribution in [-0.2, 0) is 15.1 Å². The minimum absolute atomic E-state index is 0.205. The molecule has 108 valence electrons. The summed E-state index contributed by atoms with van der Waals surface area (Å²) in [5.41, 5.74) is 7.78. The first kappa shape index (κ1) is 15.9. The Hall–Kier alpha value is -2.11. The van der Waals surface area contributed by atoms with Crippen molar-refractivity contribution in [2.45, 2.75) is 18.9 Å². The fourth-order valence-corrected chi connectivity index (χ4v) is 2.04. The number of azide groups is 1. The molecule has 1 rings (SSSR count). The molecule has 0 radical (unpaired) electrons. The average molecular weight is 280 g/mol. The van der Waals surface area contributed by atoms with E-state index in [0.717, 1.165) is 0 Å². The standard InChI is InChI=1S/C13H17FN4O2/c1-3-13(12(19)20-2,16-8-9-17-18-15)10-4-6-11(14)7-5-10/h4-7,16H,3,8-9H2,1-2H3. The third kappa shape index (κ3) is 3.46. The molecule has 1 N–H and O–H groups in total. The minimum atomic E-state index is -1.08. The van der Waals surface area contributed by atoms with E-state index in [1.165, 1.54) is 31.4 Å². The first-order valence-corrected chi connectivity index (χ1v) is 6.21. The Morgan fingerprint density at radius 2 is 2.15 bits per heavy atom. The average Bonchev–Trinajstić information content (AvgIpc) is 2.48. The highest BCUT2D eigenvalue weighted by Gasteiger charge is 2.39. The molecule has 0 heterocycles. The van der Waals surface area contributed by atoms with Crippen LogP contribution in [-0.4, -0.2) is 26.2 Å². The molecule has 0 amide bonds. The van der Waals surface area contributed by atoms with Gasteiger partial charge in [-0.3, -0.25) is 5.32 Å². The van der Waals surface area contributed by atoms with Gasteiger partial charge in [-0.05, 0) is 29.6 Å². The van der Waals surface area contributed by atoms with Crippen LogP contribution in [0, 0.1) is 5.82 Å². The molecule has 0 aromatic heterocycles. The molecule has 1 unspecified atom stereocenters. The molecule has 0 spiro atoms. The van der Waals surface area contributed by atoms with Crippen LogP contribution in [0.4, 0.5) is 4.39 Å². The van der Waals surface area contributed by atoms with Crippen LogP contribution in [0.15, 0.2) is 29.4 Å². The number of carbonyl (C=O) groups excluding carboxylic acids is 1. The second-order valence-corrected chi connectivity index (χ2v) is 4.14. The molecule has 1 atom stereocenters. The van der Waals surface area contributed by atoms with Gasteiger partial charge in [-0.2, -0.15) is 0 Å². The number of hydrogen-bond acceptors (Lipinski definition) is 4. The molecule has 0 saturated carbocycles. The van der Waals surface area contributed by atoms with Crippen molar-refractivity contribution in [1.82, 2.24) is 5.32 Å². The van der Waals surface area contributed by atoms with Crippen LogP contribution < -0.4 is 5.32 Å². The van der Waals surface area contributed by atoms with Gasteiger partial charge in [0.2, 0.25) is 0 Å². The lowest BCUT2D eigenvalue weighted by Gasteiger charge is -2.31. The fraction of sp³-hybridized carbons (Fsp3) is 0.462. The van der Waals surface area contributed by atoms with E-state index in [1.807, 2.05) is 6.92 Å². The third-order valence-electron chi connectivity index (χ3n) is 3.10. The van der Waals surface area contributed by atoms with Gasteiger partial charge in [-0.15, -0.1) is 0 Å². The molecule has 1 aromatic carbocycles. The maximum Gasteiger partial charge on any atom is 0.330 e. The molecule has 6 nitrogen and oxygen atoms in total. The molecule has 0 bridgehead atoms. The molecule has 1 aromatic rings. The molecule has 0 aliphatic rings. The largest absolute Gasteiger partial charge is 0.467 e. The number of methoxy groups -OCH3 is 1. The Morgan fingerprint density at radius 3 is 2.65 bits per heavy atom. The van der Waals surface area contributed by atoms with Crippen molar-refractivity contribution in [3.05, 3.63) is 46.1 Å². The van der Waals surface area contributed by atoms with Gasteiger partial charge >= 0.3 is 5.97 Å². The van der Waals surface area contributed by atoms with E-state index in [2.05, 4.69) is 15.3 Å². The highest BCUT2D eigenvalue weighted by molar-refractivity contribution is 5.82. The molecular weight excluding hydrogens is 263 g/mol. The van der Waals surface area contributed by atoms with E-state index in [0.29, 0.717) is 18.5 Å².